The first-order valence-electron chi connectivity index (χ1n) is 4.06. The van der Waals surface area contributed by atoms with Gasteiger partial charge < -0.3 is 10.8 Å². The van der Waals surface area contributed by atoms with E-state index in [0.29, 0.717) is 10.0 Å². The van der Waals surface area contributed by atoms with Gasteiger partial charge in [0.1, 0.15) is 5.82 Å². The van der Waals surface area contributed by atoms with Crippen LogP contribution >= 0.6 is 27.5 Å². The molecule has 3 N–H and O–H groups in total. The molecule has 78 valence electrons. The van der Waals surface area contributed by atoms with Crippen LogP contribution in [-0.4, -0.2) is 17.8 Å². The third kappa shape index (κ3) is 2.67. The molecule has 1 rings (SSSR count). The molecule has 0 aliphatic heterocycles. The van der Waals surface area contributed by atoms with Crippen LogP contribution < -0.4 is 5.73 Å². The molecule has 0 aliphatic carbocycles. The SMILES string of the molecule is NCC(O)Cc1c(Br)ccc(Cl)c1F. The summed E-state index contributed by atoms with van der Waals surface area (Å²) in [6.07, 6.45) is -0.594. The third-order valence-electron chi connectivity index (χ3n) is 1.85. The number of hydrogen-bond acceptors (Lipinski definition) is 2. The lowest BCUT2D eigenvalue weighted by Gasteiger charge is -2.11. The van der Waals surface area contributed by atoms with E-state index in [1.807, 2.05) is 0 Å². The average Bonchev–Trinajstić information content (AvgIpc) is 2.18. The second kappa shape index (κ2) is 5.07. The zero-order valence-electron chi connectivity index (χ0n) is 7.30. The molecule has 0 heterocycles. The van der Waals surface area contributed by atoms with Crippen molar-refractivity contribution in [3.63, 3.8) is 0 Å². The van der Waals surface area contributed by atoms with Crippen molar-refractivity contribution in [2.24, 2.45) is 5.73 Å². The van der Waals surface area contributed by atoms with Crippen LogP contribution in [0.3, 0.4) is 0 Å². The van der Waals surface area contributed by atoms with Crippen LogP contribution in [0.1, 0.15) is 5.56 Å². The summed E-state index contributed by atoms with van der Waals surface area (Å²) in [6, 6.07) is 3.10. The predicted molar refractivity (Wildman–Crippen MR) is 57.9 cm³/mol. The number of benzene rings is 1. The Hall–Kier alpha value is -0.160. The molecule has 1 unspecified atom stereocenters. The van der Waals surface area contributed by atoms with Gasteiger partial charge in [0.05, 0.1) is 11.1 Å². The zero-order valence-corrected chi connectivity index (χ0v) is 9.65. The molecule has 0 radical (unpaired) electrons. The maximum Gasteiger partial charge on any atom is 0.146 e. The fourth-order valence-corrected chi connectivity index (χ4v) is 1.72. The van der Waals surface area contributed by atoms with Crippen LogP contribution in [0.25, 0.3) is 0 Å². The summed E-state index contributed by atoms with van der Waals surface area (Å²) in [5.74, 6) is -0.506. The second-order valence-corrected chi connectivity index (χ2v) is 4.18. The number of hydrogen-bond donors (Lipinski definition) is 2. The average molecular weight is 283 g/mol. The van der Waals surface area contributed by atoms with Crippen molar-refractivity contribution in [2.45, 2.75) is 12.5 Å². The predicted octanol–water partition coefficient (Wildman–Crippen LogP) is 2.10. The van der Waals surface area contributed by atoms with Gasteiger partial charge in [-0.25, -0.2) is 4.39 Å². The van der Waals surface area contributed by atoms with Crippen LogP contribution in [0, 0.1) is 5.82 Å². The maximum absolute atomic E-state index is 13.4. The summed E-state index contributed by atoms with van der Waals surface area (Å²) in [5, 5.41) is 9.34. The van der Waals surface area contributed by atoms with Gasteiger partial charge in [-0.2, -0.15) is 0 Å². The minimum absolute atomic E-state index is 0.0485. The van der Waals surface area contributed by atoms with Crippen molar-refractivity contribution in [2.75, 3.05) is 6.54 Å². The maximum atomic E-state index is 13.4. The van der Waals surface area contributed by atoms with E-state index in [0.717, 1.165) is 0 Å². The Labute approximate surface area is 95.0 Å². The second-order valence-electron chi connectivity index (χ2n) is 2.92. The number of aliphatic hydroxyl groups excluding tert-OH is 1. The van der Waals surface area contributed by atoms with E-state index in [1.165, 1.54) is 6.07 Å². The summed E-state index contributed by atoms with van der Waals surface area (Å²) in [4.78, 5) is 0. The first kappa shape index (κ1) is 11.9. The van der Waals surface area contributed by atoms with Crippen molar-refractivity contribution >= 4 is 27.5 Å². The quantitative estimate of drug-likeness (QED) is 0.834. The summed E-state index contributed by atoms with van der Waals surface area (Å²) in [7, 11) is 0. The number of aliphatic hydroxyl groups is 1. The molecule has 0 fully saturated rings. The number of halogens is 3. The molecule has 2 nitrogen and oxygen atoms in total. The summed E-state index contributed by atoms with van der Waals surface area (Å²) in [6.45, 7) is 0.0956. The molecule has 0 bridgehead atoms. The largest absolute Gasteiger partial charge is 0.391 e. The lowest BCUT2D eigenvalue weighted by atomic mass is 10.1. The van der Waals surface area contributed by atoms with Crippen molar-refractivity contribution in [3.8, 4) is 0 Å². The Balaban J connectivity index is 3.00. The highest BCUT2D eigenvalue weighted by Crippen LogP contribution is 2.26. The Kier molecular flexibility index (Phi) is 4.31. The summed E-state index contributed by atoms with van der Waals surface area (Å²) < 4.78 is 14.0. The molecule has 5 heteroatoms. The zero-order chi connectivity index (χ0) is 10.7. The first-order valence-corrected chi connectivity index (χ1v) is 5.24. The van der Waals surface area contributed by atoms with Gasteiger partial charge >= 0.3 is 0 Å². The minimum atomic E-state index is -0.751. The van der Waals surface area contributed by atoms with Crippen LogP contribution in [0.15, 0.2) is 16.6 Å². The first-order chi connectivity index (χ1) is 6.56. The van der Waals surface area contributed by atoms with E-state index < -0.39 is 11.9 Å². The highest BCUT2D eigenvalue weighted by molar-refractivity contribution is 9.10. The summed E-state index contributed by atoms with van der Waals surface area (Å²) >= 11 is 8.79. The van der Waals surface area contributed by atoms with Gasteiger partial charge in [-0.3, -0.25) is 0 Å². The van der Waals surface area contributed by atoms with E-state index in [4.69, 9.17) is 17.3 Å². The molecule has 0 amide bonds. The van der Waals surface area contributed by atoms with E-state index in [9.17, 15) is 9.50 Å². The molecule has 0 saturated heterocycles. The molecule has 1 aromatic carbocycles. The lowest BCUT2D eigenvalue weighted by molar-refractivity contribution is 0.182. The molecular weight excluding hydrogens is 272 g/mol. The Bertz CT molecular complexity index is 335. The van der Waals surface area contributed by atoms with Gasteiger partial charge in [0, 0.05) is 23.0 Å². The van der Waals surface area contributed by atoms with Gasteiger partial charge in [-0.1, -0.05) is 27.5 Å². The monoisotopic (exact) mass is 281 g/mol. The van der Waals surface area contributed by atoms with Gasteiger partial charge in [-0.15, -0.1) is 0 Å². The molecule has 1 atom stereocenters. The van der Waals surface area contributed by atoms with E-state index >= 15 is 0 Å². The Morgan fingerprint density at radius 3 is 2.79 bits per heavy atom. The molecule has 0 spiro atoms. The topological polar surface area (TPSA) is 46.2 Å². The highest BCUT2D eigenvalue weighted by Gasteiger charge is 2.14. The van der Waals surface area contributed by atoms with E-state index in [1.54, 1.807) is 6.07 Å². The standard InChI is InChI=1S/C9H10BrClFNO/c10-7-1-2-8(11)9(12)6(7)3-5(14)4-13/h1-2,5,14H,3-4,13H2. The number of rotatable bonds is 3. The van der Waals surface area contributed by atoms with Crippen LogP contribution in [-0.2, 0) is 6.42 Å². The normalized spacial score (nSPS) is 12.9. The van der Waals surface area contributed by atoms with Crippen molar-refractivity contribution in [3.05, 3.63) is 33.0 Å². The van der Waals surface area contributed by atoms with E-state index in [-0.39, 0.29) is 18.0 Å². The smallest absolute Gasteiger partial charge is 0.146 e. The Morgan fingerprint density at radius 1 is 1.57 bits per heavy atom. The molecule has 1 aromatic rings. The minimum Gasteiger partial charge on any atom is -0.391 e. The molecule has 14 heavy (non-hydrogen) atoms. The van der Waals surface area contributed by atoms with Gasteiger partial charge in [0.15, 0.2) is 0 Å². The molecule has 0 aromatic heterocycles. The van der Waals surface area contributed by atoms with Crippen LogP contribution in [0.4, 0.5) is 4.39 Å². The highest BCUT2D eigenvalue weighted by atomic mass is 79.9. The molecule has 0 aliphatic rings. The molecular formula is C9H10BrClFNO. The van der Waals surface area contributed by atoms with Crippen molar-refractivity contribution in [1.82, 2.24) is 0 Å². The number of nitrogens with two attached hydrogens (primary N) is 1. The van der Waals surface area contributed by atoms with E-state index in [2.05, 4.69) is 15.9 Å². The van der Waals surface area contributed by atoms with Crippen LogP contribution in [0.5, 0.6) is 0 Å². The van der Waals surface area contributed by atoms with Crippen LogP contribution in [0.2, 0.25) is 5.02 Å². The van der Waals surface area contributed by atoms with Gasteiger partial charge in [0.25, 0.3) is 0 Å². The van der Waals surface area contributed by atoms with Gasteiger partial charge in [0.2, 0.25) is 0 Å². The molecule has 0 saturated carbocycles. The van der Waals surface area contributed by atoms with Gasteiger partial charge in [-0.05, 0) is 12.1 Å². The fraction of sp³-hybridized carbons (Fsp3) is 0.333. The van der Waals surface area contributed by atoms with Crippen molar-refractivity contribution < 1.29 is 9.50 Å². The lowest BCUT2D eigenvalue weighted by Crippen LogP contribution is -2.22. The summed E-state index contributed by atoms with van der Waals surface area (Å²) in [5.41, 5.74) is 5.59. The fourth-order valence-electron chi connectivity index (χ4n) is 1.08. The van der Waals surface area contributed by atoms with Crippen molar-refractivity contribution in [1.29, 1.82) is 0 Å². The third-order valence-corrected chi connectivity index (χ3v) is 2.89. The Morgan fingerprint density at radius 2 is 2.21 bits per heavy atom.